The molecule has 0 aliphatic rings. The minimum absolute atomic E-state index is 0.00847. The number of amides is 1. The minimum atomic E-state index is -0.128. The zero-order chi connectivity index (χ0) is 15.1. The quantitative estimate of drug-likeness (QED) is 0.789. The van der Waals surface area contributed by atoms with Crippen molar-refractivity contribution < 1.29 is 4.79 Å². The lowest BCUT2D eigenvalue weighted by molar-refractivity contribution is 0.0935. The summed E-state index contributed by atoms with van der Waals surface area (Å²) in [7, 11) is 0. The van der Waals surface area contributed by atoms with E-state index in [0.29, 0.717) is 12.1 Å². The zero-order valence-corrected chi connectivity index (χ0v) is 12.1. The number of unbranched alkanes of at least 4 members (excludes halogenated alkanes) is 1. The first-order valence-corrected chi connectivity index (χ1v) is 7.09. The van der Waals surface area contributed by atoms with Gasteiger partial charge in [-0.25, -0.2) is 4.68 Å². The van der Waals surface area contributed by atoms with Crippen LogP contribution in [0.2, 0.25) is 0 Å². The van der Waals surface area contributed by atoms with Crippen LogP contribution in [0.15, 0.2) is 30.6 Å². The maximum Gasteiger partial charge on any atom is 0.251 e. The summed E-state index contributed by atoms with van der Waals surface area (Å²) in [5, 5.41) is 13.9. The lowest BCUT2D eigenvalue weighted by Crippen LogP contribution is -2.40. The van der Waals surface area contributed by atoms with Gasteiger partial charge < -0.3 is 11.1 Å². The van der Waals surface area contributed by atoms with Gasteiger partial charge in [0.05, 0.1) is 5.69 Å². The monoisotopic (exact) mass is 288 g/mol. The third-order valence-electron chi connectivity index (χ3n) is 3.25. The Morgan fingerprint density at radius 1 is 1.48 bits per heavy atom. The van der Waals surface area contributed by atoms with E-state index in [1.54, 1.807) is 18.2 Å². The van der Waals surface area contributed by atoms with Crippen molar-refractivity contribution in [3.8, 4) is 5.69 Å². The van der Waals surface area contributed by atoms with E-state index in [9.17, 15) is 4.79 Å². The molecule has 1 heterocycles. The van der Waals surface area contributed by atoms with Crippen LogP contribution in [0.5, 0.6) is 0 Å². The van der Waals surface area contributed by atoms with Gasteiger partial charge in [-0.15, -0.1) is 5.10 Å². The molecule has 112 valence electrons. The average molecular weight is 288 g/mol. The van der Waals surface area contributed by atoms with Crippen LogP contribution in [-0.4, -0.2) is 38.7 Å². The summed E-state index contributed by atoms with van der Waals surface area (Å²) in [6.45, 7) is 2.56. The molecule has 0 radical (unpaired) electrons. The molecule has 0 saturated carbocycles. The van der Waals surface area contributed by atoms with E-state index in [-0.39, 0.29) is 11.9 Å². The van der Waals surface area contributed by atoms with E-state index in [0.717, 1.165) is 24.9 Å². The van der Waals surface area contributed by atoms with Crippen LogP contribution >= 0.6 is 0 Å². The molecule has 0 fully saturated rings. The summed E-state index contributed by atoms with van der Waals surface area (Å²) in [6, 6.07) is 7.16. The number of nitrogens with zero attached hydrogens (tertiary/aromatic N) is 4. The smallest absolute Gasteiger partial charge is 0.251 e. The molecule has 0 bridgehead atoms. The summed E-state index contributed by atoms with van der Waals surface area (Å²) in [6.07, 6.45) is 4.51. The van der Waals surface area contributed by atoms with Crippen molar-refractivity contribution in [3.63, 3.8) is 0 Å². The Balaban J connectivity index is 2.07. The van der Waals surface area contributed by atoms with Gasteiger partial charge in [0.2, 0.25) is 0 Å². The van der Waals surface area contributed by atoms with E-state index in [1.807, 2.05) is 6.07 Å². The molecule has 7 nitrogen and oxygen atoms in total. The first-order valence-electron chi connectivity index (χ1n) is 7.09. The number of rotatable bonds is 7. The Morgan fingerprint density at radius 3 is 3.00 bits per heavy atom. The van der Waals surface area contributed by atoms with E-state index < -0.39 is 0 Å². The molecule has 1 atom stereocenters. The number of hydrogen-bond acceptors (Lipinski definition) is 5. The first-order chi connectivity index (χ1) is 10.2. The largest absolute Gasteiger partial charge is 0.348 e. The molecule has 21 heavy (non-hydrogen) atoms. The predicted octanol–water partition coefficient (Wildman–Crippen LogP) is 0.910. The Morgan fingerprint density at radius 2 is 2.33 bits per heavy atom. The molecule has 7 heteroatoms. The molecule has 0 aliphatic carbocycles. The second-order valence-electron chi connectivity index (χ2n) is 4.85. The van der Waals surface area contributed by atoms with Gasteiger partial charge in [-0.3, -0.25) is 4.79 Å². The highest BCUT2D eigenvalue weighted by atomic mass is 16.1. The van der Waals surface area contributed by atoms with Gasteiger partial charge in [-0.1, -0.05) is 25.8 Å². The first kappa shape index (κ1) is 15.1. The summed E-state index contributed by atoms with van der Waals surface area (Å²) in [5.41, 5.74) is 7.01. The third-order valence-corrected chi connectivity index (χ3v) is 3.25. The summed E-state index contributed by atoms with van der Waals surface area (Å²) in [5.74, 6) is -0.128. The van der Waals surface area contributed by atoms with E-state index in [2.05, 4.69) is 27.8 Å². The SMILES string of the molecule is CCCCC(CN)NC(=O)c1cccc(-n2cnnn2)c1. The Labute approximate surface area is 123 Å². The number of nitrogens with one attached hydrogen (secondary N) is 1. The molecule has 1 unspecified atom stereocenters. The third kappa shape index (κ3) is 4.09. The molecule has 2 aromatic rings. The number of benzene rings is 1. The summed E-state index contributed by atoms with van der Waals surface area (Å²) < 4.78 is 1.51. The second kappa shape index (κ2) is 7.49. The van der Waals surface area contributed by atoms with Crippen LogP contribution in [0.1, 0.15) is 36.5 Å². The molecule has 0 spiro atoms. The van der Waals surface area contributed by atoms with Crippen molar-refractivity contribution in [2.75, 3.05) is 6.54 Å². The number of carbonyl (C=O) groups excluding carboxylic acids is 1. The molecule has 3 N–H and O–H groups in total. The van der Waals surface area contributed by atoms with Crippen molar-refractivity contribution in [2.24, 2.45) is 5.73 Å². The fraction of sp³-hybridized carbons (Fsp3) is 0.429. The Hall–Kier alpha value is -2.28. The van der Waals surface area contributed by atoms with Crippen LogP contribution in [0.25, 0.3) is 5.69 Å². The second-order valence-corrected chi connectivity index (χ2v) is 4.85. The highest BCUT2D eigenvalue weighted by Crippen LogP contribution is 2.09. The minimum Gasteiger partial charge on any atom is -0.348 e. The number of tetrazole rings is 1. The van der Waals surface area contributed by atoms with Gasteiger partial charge >= 0.3 is 0 Å². The maximum atomic E-state index is 12.3. The highest BCUT2D eigenvalue weighted by molar-refractivity contribution is 5.94. The Kier molecular flexibility index (Phi) is 5.39. The van der Waals surface area contributed by atoms with Gasteiger partial charge in [0, 0.05) is 18.2 Å². The molecule has 0 saturated heterocycles. The number of carbonyl (C=O) groups is 1. The van der Waals surface area contributed by atoms with Crippen LogP contribution in [0.3, 0.4) is 0 Å². The lowest BCUT2D eigenvalue weighted by Gasteiger charge is -2.16. The van der Waals surface area contributed by atoms with Gasteiger partial charge in [0.25, 0.3) is 5.91 Å². The van der Waals surface area contributed by atoms with Crippen molar-refractivity contribution in [3.05, 3.63) is 36.2 Å². The van der Waals surface area contributed by atoms with Gasteiger partial charge in [-0.05, 0) is 35.0 Å². The molecule has 1 amide bonds. The Bertz CT molecular complexity index is 569. The molecular formula is C14H20N6O. The average Bonchev–Trinajstić information content (AvgIpc) is 3.05. The standard InChI is InChI=1S/C14H20N6O/c1-2-3-6-12(9-15)17-14(21)11-5-4-7-13(8-11)20-10-16-18-19-20/h4-5,7-8,10,12H,2-3,6,9,15H2,1H3,(H,17,21). The molecule has 0 aliphatic heterocycles. The van der Waals surface area contributed by atoms with Gasteiger partial charge in [0.1, 0.15) is 6.33 Å². The fourth-order valence-corrected chi connectivity index (χ4v) is 2.04. The summed E-state index contributed by atoms with van der Waals surface area (Å²) >= 11 is 0. The van der Waals surface area contributed by atoms with Gasteiger partial charge in [-0.2, -0.15) is 0 Å². The van der Waals surface area contributed by atoms with E-state index in [4.69, 9.17) is 5.73 Å². The number of aromatic nitrogens is 4. The molecule has 1 aromatic carbocycles. The van der Waals surface area contributed by atoms with Crippen LogP contribution in [0, 0.1) is 0 Å². The normalized spacial score (nSPS) is 12.1. The van der Waals surface area contributed by atoms with Crippen LogP contribution in [0.4, 0.5) is 0 Å². The highest BCUT2D eigenvalue weighted by Gasteiger charge is 2.12. The zero-order valence-electron chi connectivity index (χ0n) is 12.1. The van der Waals surface area contributed by atoms with Crippen molar-refractivity contribution in [2.45, 2.75) is 32.2 Å². The topological polar surface area (TPSA) is 98.7 Å². The van der Waals surface area contributed by atoms with Crippen LogP contribution in [-0.2, 0) is 0 Å². The molecule has 1 aromatic heterocycles. The molecular weight excluding hydrogens is 268 g/mol. The number of nitrogens with two attached hydrogens (primary N) is 1. The lowest BCUT2D eigenvalue weighted by atomic mass is 10.1. The fourth-order valence-electron chi connectivity index (χ4n) is 2.04. The van der Waals surface area contributed by atoms with Crippen molar-refractivity contribution in [1.29, 1.82) is 0 Å². The molecule has 2 rings (SSSR count). The van der Waals surface area contributed by atoms with Gasteiger partial charge in [0.15, 0.2) is 0 Å². The summed E-state index contributed by atoms with van der Waals surface area (Å²) in [4.78, 5) is 12.3. The van der Waals surface area contributed by atoms with E-state index in [1.165, 1.54) is 11.0 Å². The maximum absolute atomic E-state index is 12.3. The van der Waals surface area contributed by atoms with E-state index >= 15 is 0 Å². The van der Waals surface area contributed by atoms with Crippen molar-refractivity contribution in [1.82, 2.24) is 25.5 Å². The van der Waals surface area contributed by atoms with Crippen molar-refractivity contribution >= 4 is 5.91 Å². The van der Waals surface area contributed by atoms with Crippen LogP contribution < -0.4 is 11.1 Å². The predicted molar refractivity (Wildman–Crippen MR) is 79.0 cm³/mol. The number of hydrogen-bond donors (Lipinski definition) is 2.